The highest BCUT2D eigenvalue weighted by Gasteiger charge is 2.32. The summed E-state index contributed by atoms with van der Waals surface area (Å²) in [5.74, 6) is 0.482. The molecular weight excluding hydrogens is 316 g/mol. The van der Waals surface area contributed by atoms with Crippen LogP contribution in [0, 0.1) is 17.2 Å². The Morgan fingerprint density at radius 3 is 3.20 bits per heavy atom. The number of nitrogens with zero attached hydrogens (tertiary/aromatic N) is 4. The van der Waals surface area contributed by atoms with Crippen molar-refractivity contribution in [2.45, 2.75) is 25.8 Å². The Labute approximate surface area is 147 Å². The van der Waals surface area contributed by atoms with E-state index in [9.17, 15) is 4.79 Å². The highest BCUT2D eigenvalue weighted by Crippen LogP contribution is 2.30. The standard InChI is InChI=1S/C18H24N6O/c1-13-6-11-24(18(25)22-8-3-7-19)12-16(13)23(2)15-5-10-21-17-14(15)4-9-20-17/h4-5,9-10,13,16H,3,6,8,11-12H2,1-2H3,(H,20,21)(H,22,25). The van der Waals surface area contributed by atoms with Crippen LogP contribution in [0.3, 0.4) is 0 Å². The normalized spacial score (nSPS) is 20.3. The van der Waals surface area contributed by atoms with Gasteiger partial charge in [0.05, 0.1) is 12.5 Å². The molecule has 7 heteroatoms. The van der Waals surface area contributed by atoms with Gasteiger partial charge in [-0.2, -0.15) is 5.26 Å². The minimum atomic E-state index is -0.0814. The third-order valence-electron chi connectivity index (χ3n) is 5.03. The SMILES string of the molecule is CC1CCN(C(=O)NCCC#N)CC1N(C)c1ccnc2[nH]ccc12. The first-order chi connectivity index (χ1) is 12.1. The molecule has 1 aliphatic rings. The molecule has 2 aromatic rings. The quantitative estimate of drug-likeness (QED) is 0.836. The molecule has 1 fully saturated rings. The first-order valence-corrected chi connectivity index (χ1v) is 8.66. The average molecular weight is 340 g/mol. The van der Waals surface area contributed by atoms with Crippen LogP contribution in [0.25, 0.3) is 11.0 Å². The summed E-state index contributed by atoms with van der Waals surface area (Å²) in [5.41, 5.74) is 1.99. The van der Waals surface area contributed by atoms with Gasteiger partial charge in [0.15, 0.2) is 0 Å². The third kappa shape index (κ3) is 3.53. The van der Waals surface area contributed by atoms with Gasteiger partial charge in [0.25, 0.3) is 0 Å². The van der Waals surface area contributed by atoms with Crippen molar-refractivity contribution in [3.05, 3.63) is 24.5 Å². The van der Waals surface area contributed by atoms with Crippen LogP contribution in [0.5, 0.6) is 0 Å². The number of aromatic nitrogens is 2. The van der Waals surface area contributed by atoms with Crippen molar-refractivity contribution in [3.63, 3.8) is 0 Å². The predicted molar refractivity (Wildman–Crippen MR) is 97.3 cm³/mol. The zero-order valence-electron chi connectivity index (χ0n) is 14.7. The van der Waals surface area contributed by atoms with E-state index in [0.717, 1.165) is 29.7 Å². The van der Waals surface area contributed by atoms with Gasteiger partial charge in [-0.1, -0.05) is 6.92 Å². The molecule has 0 bridgehead atoms. The van der Waals surface area contributed by atoms with Gasteiger partial charge in [0.1, 0.15) is 5.65 Å². The maximum atomic E-state index is 12.3. The van der Waals surface area contributed by atoms with E-state index in [0.29, 0.717) is 25.4 Å². The fraction of sp³-hybridized carbons (Fsp3) is 0.500. The molecule has 3 rings (SSSR count). The van der Waals surface area contributed by atoms with Crippen LogP contribution in [-0.2, 0) is 0 Å². The highest BCUT2D eigenvalue weighted by atomic mass is 16.2. The molecule has 0 saturated carbocycles. The fourth-order valence-corrected chi connectivity index (χ4v) is 3.51. The number of H-pyrrole nitrogens is 1. The first-order valence-electron chi connectivity index (χ1n) is 8.66. The predicted octanol–water partition coefficient (Wildman–Crippen LogP) is 2.33. The third-order valence-corrected chi connectivity index (χ3v) is 5.03. The van der Waals surface area contributed by atoms with E-state index in [1.54, 1.807) is 0 Å². The molecule has 0 aliphatic carbocycles. The van der Waals surface area contributed by atoms with E-state index in [2.05, 4.69) is 34.2 Å². The van der Waals surface area contributed by atoms with Gasteiger partial charge in [-0.25, -0.2) is 9.78 Å². The molecule has 2 N–H and O–H groups in total. The zero-order chi connectivity index (χ0) is 17.8. The number of urea groups is 1. The van der Waals surface area contributed by atoms with Crippen molar-refractivity contribution < 1.29 is 4.79 Å². The maximum Gasteiger partial charge on any atom is 0.317 e. The largest absolute Gasteiger partial charge is 0.369 e. The van der Waals surface area contributed by atoms with Crippen LogP contribution in [-0.4, -0.2) is 53.6 Å². The Balaban J connectivity index is 1.74. The Kier molecular flexibility index (Phi) is 5.08. The molecule has 2 aromatic heterocycles. The van der Waals surface area contributed by atoms with Gasteiger partial charge in [0, 0.05) is 56.2 Å². The molecule has 7 nitrogen and oxygen atoms in total. The van der Waals surface area contributed by atoms with E-state index in [1.165, 1.54) is 0 Å². The number of nitrogens with one attached hydrogen (secondary N) is 2. The van der Waals surface area contributed by atoms with Crippen molar-refractivity contribution in [1.29, 1.82) is 5.26 Å². The number of rotatable bonds is 4. The minimum absolute atomic E-state index is 0.0814. The number of fused-ring (bicyclic) bond motifs is 1. The molecule has 25 heavy (non-hydrogen) atoms. The number of hydrogen-bond acceptors (Lipinski definition) is 4. The van der Waals surface area contributed by atoms with Gasteiger partial charge in [-0.05, 0) is 24.5 Å². The van der Waals surface area contributed by atoms with E-state index < -0.39 is 0 Å². The molecule has 132 valence electrons. The van der Waals surface area contributed by atoms with Crippen LogP contribution < -0.4 is 10.2 Å². The van der Waals surface area contributed by atoms with Crippen LogP contribution >= 0.6 is 0 Å². The lowest BCUT2D eigenvalue weighted by Crippen LogP contribution is -2.54. The van der Waals surface area contributed by atoms with Crippen LogP contribution in [0.15, 0.2) is 24.5 Å². The second kappa shape index (κ2) is 7.43. The lowest BCUT2D eigenvalue weighted by Gasteiger charge is -2.42. The van der Waals surface area contributed by atoms with Gasteiger partial charge in [-0.15, -0.1) is 0 Å². The smallest absolute Gasteiger partial charge is 0.317 e. The summed E-state index contributed by atoms with van der Waals surface area (Å²) in [5, 5.41) is 12.5. The number of likely N-dealkylation sites (N-methyl/N-ethyl adjacent to an activating group) is 1. The summed E-state index contributed by atoms with van der Waals surface area (Å²) in [6, 6.07) is 6.26. The fourth-order valence-electron chi connectivity index (χ4n) is 3.51. The topological polar surface area (TPSA) is 88.1 Å². The number of hydrogen-bond donors (Lipinski definition) is 2. The number of anilines is 1. The van der Waals surface area contributed by atoms with Crippen molar-refractivity contribution in [2.75, 3.05) is 31.6 Å². The molecule has 2 unspecified atom stereocenters. The van der Waals surface area contributed by atoms with E-state index in [-0.39, 0.29) is 12.1 Å². The molecule has 1 aliphatic heterocycles. The zero-order valence-corrected chi connectivity index (χ0v) is 14.7. The molecule has 3 heterocycles. The number of amides is 2. The lowest BCUT2D eigenvalue weighted by molar-refractivity contribution is 0.161. The summed E-state index contributed by atoms with van der Waals surface area (Å²) >= 11 is 0. The Morgan fingerprint density at radius 2 is 2.40 bits per heavy atom. The van der Waals surface area contributed by atoms with Crippen molar-refractivity contribution >= 4 is 22.8 Å². The van der Waals surface area contributed by atoms with Gasteiger partial charge >= 0.3 is 6.03 Å². The van der Waals surface area contributed by atoms with E-state index in [4.69, 9.17) is 5.26 Å². The number of likely N-dealkylation sites (tertiary alicyclic amines) is 1. The molecule has 0 radical (unpaired) electrons. The van der Waals surface area contributed by atoms with Crippen molar-refractivity contribution in [3.8, 4) is 6.07 Å². The van der Waals surface area contributed by atoms with Gasteiger partial charge in [0.2, 0.25) is 0 Å². The van der Waals surface area contributed by atoms with Crippen LogP contribution in [0.4, 0.5) is 10.5 Å². The summed E-state index contributed by atoms with van der Waals surface area (Å²) in [4.78, 5) is 23.9. The van der Waals surface area contributed by atoms with Crippen molar-refractivity contribution in [1.82, 2.24) is 20.2 Å². The number of aromatic amines is 1. The number of carbonyl (C=O) groups excluding carboxylic acids is 1. The Morgan fingerprint density at radius 1 is 1.56 bits per heavy atom. The average Bonchev–Trinajstić information content (AvgIpc) is 3.10. The number of carbonyl (C=O) groups is 1. The molecular formula is C18H24N6O. The summed E-state index contributed by atoms with van der Waals surface area (Å²) in [7, 11) is 2.08. The first kappa shape index (κ1) is 17.1. The Bertz CT molecular complexity index is 779. The van der Waals surface area contributed by atoms with Crippen LogP contribution in [0.2, 0.25) is 0 Å². The Hall–Kier alpha value is -2.75. The van der Waals surface area contributed by atoms with Crippen LogP contribution in [0.1, 0.15) is 19.8 Å². The molecule has 1 saturated heterocycles. The van der Waals surface area contributed by atoms with E-state index >= 15 is 0 Å². The number of pyridine rings is 1. The molecule has 0 aromatic carbocycles. The number of piperidine rings is 1. The van der Waals surface area contributed by atoms with Gasteiger partial charge in [-0.3, -0.25) is 0 Å². The molecule has 2 atom stereocenters. The van der Waals surface area contributed by atoms with E-state index in [1.807, 2.05) is 35.5 Å². The van der Waals surface area contributed by atoms with Crippen molar-refractivity contribution in [2.24, 2.45) is 5.92 Å². The summed E-state index contributed by atoms with van der Waals surface area (Å²) in [6.07, 6.45) is 5.00. The number of nitriles is 1. The molecule has 2 amide bonds. The summed E-state index contributed by atoms with van der Waals surface area (Å²) in [6.45, 7) is 4.06. The van der Waals surface area contributed by atoms with Gasteiger partial charge < -0.3 is 20.1 Å². The minimum Gasteiger partial charge on any atom is -0.369 e. The molecule has 0 spiro atoms. The maximum absolute atomic E-state index is 12.3. The highest BCUT2D eigenvalue weighted by molar-refractivity contribution is 5.89. The monoisotopic (exact) mass is 340 g/mol. The lowest BCUT2D eigenvalue weighted by atomic mass is 9.92. The second-order valence-corrected chi connectivity index (χ2v) is 6.60. The second-order valence-electron chi connectivity index (χ2n) is 6.60. The summed E-state index contributed by atoms with van der Waals surface area (Å²) < 4.78 is 0.